The molecule has 2 aromatic heterocycles. The third-order valence-corrected chi connectivity index (χ3v) is 4.13. The van der Waals surface area contributed by atoms with Crippen LogP contribution in [0.1, 0.15) is 35.9 Å². The van der Waals surface area contributed by atoms with Gasteiger partial charge >= 0.3 is 0 Å². The van der Waals surface area contributed by atoms with Crippen molar-refractivity contribution in [1.29, 1.82) is 0 Å². The van der Waals surface area contributed by atoms with Gasteiger partial charge in [-0.15, -0.1) is 0 Å². The Morgan fingerprint density at radius 1 is 1.26 bits per heavy atom. The summed E-state index contributed by atoms with van der Waals surface area (Å²) in [6.07, 6.45) is 5.30. The van der Waals surface area contributed by atoms with E-state index in [0.717, 1.165) is 31.6 Å². The van der Waals surface area contributed by atoms with E-state index in [1.54, 1.807) is 12.3 Å². The van der Waals surface area contributed by atoms with Crippen LogP contribution < -0.4 is 5.32 Å². The summed E-state index contributed by atoms with van der Waals surface area (Å²) in [7, 11) is 0. The van der Waals surface area contributed by atoms with Gasteiger partial charge < -0.3 is 10.2 Å². The van der Waals surface area contributed by atoms with E-state index in [0.29, 0.717) is 24.0 Å². The molecule has 0 unspecified atom stereocenters. The molecule has 3 rings (SSSR count). The van der Waals surface area contributed by atoms with Crippen LogP contribution in [0.15, 0.2) is 36.8 Å². The third-order valence-electron chi connectivity index (χ3n) is 4.13. The summed E-state index contributed by atoms with van der Waals surface area (Å²) < 4.78 is 0. The zero-order valence-electron chi connectivity index (χ0n) is 13.3. The first-order valence-electron chi connectivity index (χ1n) is 7.97. The van der Waals surface area contributed by atoms with Gasteiger partial charge in [-0.05, 0) is 30.9 Å². The summed E-state index contributed by atoms with van der Waals surface area (Å²) in [5, 5.41) is 3.18. The minimum Gasteiger partial charge on any atom is -0.364 e. The van der Waals surface area contributed by atoms with E-state index in [1.165, 1.54) is 6.33 Å². The molecule has 1 fully saturated rings. The molecule has 6 nitrogen and oxygen atoms in total. The molecule has 0 radical (unpaired) electrons. The molecule has 0 aromatic carbocycles. The number of carbonyl (C=O) groups excluding carboxylic acids is 1. The van der Waals surface area contributed by atoms with Crippen LogP contribution in [-0.4, -0.2) is 38.8 Å². The molecular weight excluding hydrogens is 290 g/mol. The van der Waals surface area contributed by atoms with Gasteiger partial charge in [0, 0.05) is 25.4 Å². The lowest BCUT2D eigenvalue weighted by Gasteiger charge is -2.30. The third kappa shape index (κ3) is 4.03. The van der Waals surface area contributed by atoms with E-state index in [9.17, 15) is 4.79 Å². The van der Waals surface area contributed by atoms with Crippen molar-refractivity contribution in [3.05, 3.63) is 48.2 Å². The fourth-order valence-electron chi connectivity index (χ4n) is 2.63. The predicted molar refractivity (Wildman–Crippen MR) is 87.9 cm³/mol. The lowest BCUT2D eigenvalue weighted by atomic mass is 9.99. The van der Waals surface area contributed by atoms with Crippen LogP contribution in [0.4, 0.5) is 5.82 Å². The maximum atomic E-state index is 12.5. The van der Waals surface area contributed by atoms with Crippen molar-refractivity contribution in [2.45, 2.75) is 26.3 Å². The van der Waals surface area contributed by atoms with Gasteiger partial charge in [-0.25, -0.2) is 9.97 Å². The van der Waals surface area contributed by atoms with E-state index < -0.39 is 0 Å². The first kappa shape index (κ1) is 15.4. The maximum absolute atomic E-state index is 12.5. The molecule has 0 aliphatic carbocycles. The largest absolute Gasteiger partial charge is 0.364 e. The lowest BCUT2D eigenvalue weighted by molar-refractivity contribution is 0.0691. The Kier molecular flexibility index (Phi) is 4.80. The minimum absolute atomic E-state index is 0.0137. The number of piperidine rings is 1. The summed E-state index contributed by atoms with van der Waals surface area (Å²) in [5.41, 5.74) is 1.36. The Bertz CT molecular complexity index is 653. The number of nitrogens with zero attached hydrogens (tertiary/aromatic N) is 4. The number of nitrogens with one attached hydrogen (secondary N) is 1. The summed E-state index contributed by atoms with van der Waals surface area (Å²) in [5.74, 6) is 1.32. The maximum Gasteiger partial charge on any atom is 0.272 e. The molecule has 1 aliphatic rings. The SMILES string of the molecule is CC1CCN(C(=O)c2cc(NCc3ccccn3)ncn2)CC1. The van der Waals surface area contributed by atoms with Gasteiger partial charge in [-0.3, -0.25) is 9.78 Å². The van der Waals surface area contributed by atoms with Gasteiger partial charge in [0.25, 0.3) is 5.91 Å². The summed E-state index contributed by atoms with van der Waals surface area (Å²) >= 11 is 0. The number of pyridine rings is 1. The van der Waals surface area contributed by atoms with Crippen molar-refractivity contribution >= 4 is 11.7 Å². The van der Waals surface area contributed by atoms with E-state index in [4.69, 9.17) is 0 Å². The summed E-state index contributed by atoms with van der Waals surface area (Å²) in [6.45, 7) is 4.40. The van der Waals surface area contributed by atoms with E-state index in [2.05, 4.69) is 27.2 Å². The van der Waals surface area contributed by atoms with E-state index in [-0.39, 0.29) is 5.91 Å². The van der Waals surface area contributed by atoms with Crippen LogP contribution in [-0.2, 0) is 6.54 Å². The second-order valence-corrected chi connectivity index (χ2v) is 5.94. The Morgan fingerprint density at radius 2 is 2.09 bits per heavy atom. The number of carbonyl (C=O) groups is 1. The molecule has 1 amide bonds. The van der Waals surface area contributed by atoms with Crippen molar-refractivity contribution in [2.75, 3.05) is 18.4 Å². The molecule has 0 atom stereocenters. The Hall–Kier alpha value is -2.50. The topological polar surface area (TPSA) is 71.0 Å². The van der Waals surface area contributed by atoms with Gasteiger partial charge in [0.15, 0.2) is 0 Å². The number of amides is 1. The van der Waals surface area contributed by atoms with E-state index in [1.807, 2.05) is 23.1 Å². The molecule has 1 saturated heterocycles. The summed E-state index contributed by atoms with van der Waals surface area (Å²) in [4.78, 5) is 27.0. The molecule has 2 aromatic rings. The van der Waals surface area contributed by atoms with Crippen molar-refractivity contribution in [3.8, 4) is 0 Å². The molecule has 6 heteroatoms. The highest BCUT2D eigenvalue weighted by Gasteiger charge is 2.22. The predicted octanol–water partition coefficient (Wildman–Crippen LogP) is 2.36. The Labute approximate surface area is 136 Å². The van der Waals surface area contributed by atoms with E-state index >= 15 is 0 Å². The van der Waals surface area contributed by atoms with Gasteiger partial charge in [0.05, 0.1) is 12.2 Å². The quantitative estimate of drug-likeness (QED) is 0.938. The van der Waals surface area contributed by atoms with Crippen molar-refractivity contribution in [1.82, 2.24) is 19.9 Å². The average molecular weight is 311 g/mol. The van der Waals surface area contributed by atoms with Gasteiger partial charge in [-0.1, -0.05) is 13.0 Å². The molecule has 1 aliphatic heterocycles. The van der Waals surface area contributed by atoms with Crippen molar-refractivity contribution < 1.29 is 4.79 Å². The molecule has 3 heterocycles. The number of anilines is 1. The number of aromatic nitrogens is 3. The zero-order valence-corrected chi connectivity index (χ0v) is 13.3. The van der Waals surface area contributed by atoms with Gasteiger partial charge in [0.2, 0.25) is 0 Å². The van der Waals surface area contributed by atoms with Crippen LogP contribution in [0.5, 0.6) is 0 Å². The van der Waals surface area contributed by atoms with Crippen LogP contribution in [0.25, 0.3) is 0 Å². The highest BCUT2D eigenvalue weighted by atomic mass is 16.2. The highest BCUT2D eigenvalue weighted by Crippen LogP contribution is 2.18. The summed E-state index contributed by atoms with van der Waals surface area (Å²) in [6, 6.07) is 7.47. The molecule has 1 N–H and O–H groups in total. The number of hydrogen-bond acceptors (Lipinski definition) is 5. The zero-order chi connectivity index (χ0) is 16.1. The van der Waals surface area contributed by atoms with Crippen molar-refractivity contribution in [3.63, 3.8) is 0 Å². The Balaban J connectivity index is 1.64. The molecular formula is C17H21N5O. The molecule has 23 heavy (non-hydrogen) atoms. The standard InChI is InChI=1S/C17H21N5O/c1-13-5-8-22(9-6-13)17(23)15-10-16(21-12-20-15)19-11-14-4-2-3-7-18-14/h2-4,7,10,12-13H,5-6,8-9,11H2,1H3,(H,19,20,21). The molecule has 120 valence electrons. The molecule has 0 bridgehead atoms. The molecule has 0 spiro atoms. The number of hydrogen-bond donors (Lipinski definition) is 1. The molecule has 0 saturated carbocycles. The minimum atomic E-state index is -0.0137. The highest BCUT2D eigenvalue weighted by molar-refractivity contribution is 5.92. The first-order valence-corrected chi connectivity index (χ1v) is 7.97. The van der Waals surface area contributed by atoms with Gasteiger partial charge in [0.1, 0.15) is 17.8 Å². The fourth-order valence-corrected chi connectivity index (χ4v) is 2.63. The number of likely N-dealkylation sites (tertiary alicyclic amines) is 1. The lowest BCUT2D eigenvalue weighted by Crippen LogP contribution is -2.38. The second-order valence-electron chi connectivity index (χ2n) is 5.94. The van der Waals surface area contributed by atoms with Crippen LogP contribution >= 0.6 is 0 Å². The number of rotatable bonds is 4. The Morgan fingerprint density at radius 3 is 2.83 bits per heavy atom. The smallest absolute Gasteiger partial charge is 0.272 e. The monoisotopic (exact) mass is 311 g/mol. The van der Waals surface area contributed by atoms with Crippen LogP contribution in [0.3, 0.4) is 0 Å². The van der Waals surface area contributed by atoms with Crippen LogP contribution in [0.2, 0.25) is 0 Å². The van der Waals surface area contributed by atoms with Crippen LogP contribution in [0, 0.1) is 5.92 Å². The normalized spacial score (nSPS) is 15.4. The fraction of sp³-hybridized carbons (Fsp3) is 0.412. The second kappa shape index (κ2) is 7.17. The first-order chi connectivity index (χ1) is 11.2. The van der Waals surface area contributed by atoms with Crippen molar-refractivity contribution in [2.24, 2.45) is 5.92 Å². The average Bonchev–Trinajstić information content (AvgIpc) is 2.61. The van der Waals surface area contributed by atoms with Gasteiger partial charge in [-0.2, -0.15) is 0 Å².